The van der Waals surface area contributed by atoms with Crippen LogP contribution in [0, 0.1) is 0 Å². The van der Waals surface area contributed by atoms with Gasteiger partial charge in [-0.1, -0.05) is 36.4 Å². The van der Waals surface area contributed by atoms with Crippen molar-refractivity contribution in [3.05, 3.63) is 66.2 Å². The molecule has 0 unspecified atom stereocenters. The maximum Gasteiger partial charge on any atom is 0.256 e. The van der Waals surface area contributed by atoms with Gasteiger partial charge >= 0.3 is 0 Å². The monoisotopic (exact) mass is 278 g/mol. The molecular weight excluding hydrogens is 264 g/mol. The Morgan fingerprint density at radius 3 is 2.57 bits per heavy atom. The van der Waals surface area contributed by atoms with Gasteiger partial charge < -0.3 is 16.2 Å². The summed E-state index contributed by atoms with van der Waals surface area (Å²) in [5.74, 6) is -0.167. The van der Waals surface area contributed by atoms with Crippen molar-refractivity contribution in [1.29, 1.82) is 0 Å². The van der Waals surface area contributed by atoms with Crippen molar-refractivity contribution < 1.29 is 9.90 Å². The van der Waals surface area contributed by atoms with E-state index >= 15 is 0 Å². The minimum atomic E-state index is -0.232. The van der Waals surface area contributed by atoms with Gasteiger partial charge in [0, 0.05) is 11.6 Å². The summed E-state index contributed by atoms with van der Waals surface area (Å²) in [6.45, 7) is 0. The largest absolute Gasteiger partial charge is 0.508 e. The molecule has 104 valence electrons. The van der Waals surface area contributed by atoms with Crippen molar-refractivity contribution >= 4 is 28.1 Å². The second-order valence-corrected chi connectivity index (χ2v) is 4.75. The van der Waals surface area contributed by atoms with Crippen LogP contribution in [0.3, 0.4) is 0 Å². The van der Waals surface area contributed by atoms with Crippen LogP contribution in [0.25, 0.3) is 10.8 Å². The SMILES string of the molecule is Nc1cc(O)ccc1NC(=O)c1cccc2ccccc12. The van der Waals surface area contributed by atoms with Gasteiger partial charge in [0.05, 0.1) is 11.4 Å². The molecule has 0 fully saturated rings. The number of amides is 1. The van der Waals surface area contributed by atoms with Crippen molar-refractivity contribution in [1.82, 2.24) is 0 Å². The Morgan fingerprint density at radius 1 is 1.00 bits per heavy atom. The summed E-state index contributed by atoms with van der Waals surface area (Å²) < 4.78 is 0. The van der Waals surface area contributed by atoms with E-state index in [2.05, 4.69) is 5.32 Å². The van der Waals surface area contributed by atoms with E-state index in [1.807, 2.05) is 36.4 Å². The standard InChI is InChI=1S/C17H14N2O2/c18-15-10-12(20)8-9-16(15)19-17(21)14-7-3-5-11-4-1-2-6-13(11)14/h1-10,20H,18H2,(H,19,21). The highest BCUT2D eigenvalue weighted by molar-refractivity contribution is 6.13. The molecule has 21 heavy (non-hydrogen) atoms. The van der Waals surface area contributed by atoms with Crippen molar-refractivity contribution in [3.8, 4) is 5.75 Å². The predicted octanol–water partition coefficient (Wildman–Crippen LogP) is 3.38. The summed E-state index contributed by atoms with van der Waals surface area (Å²) in [5, 5.41) is 14.0. The van der Waals surface area contributed by atoms with Gasteiger partial charge in [-0.25, -0.2) is 0 Å². The van der Waals surface area contributed by atoms with E-state index in [1.165, 1.54) is 12.1 Å². The number of anilines is 2. The van der Waals surface area contributed by atoms with Crippen LogP contribution >= 0.6 is 0 Å². The molecule has 3 aromatic rings. The third-order valence-electron chi connectivity index (χ3n) is 3.32. The molecular formula is C17H14N2O2. The zero-order valence-electron chi connectivity index (χ0n) is 11.2. The van der Waals surface area contributed by atoms with E-state index < -0.39 is 0 Å². The van der Waals surface area contributed by atoms with Gasteiger partial charge in [-0.3, -0.25) is 4.79 Å². The van der Waals surface area contributed by atoms with E-state index in [0.29, 0.717) is 16.9 Å². The number of carbonyl (C=O) groups excluding carboxylic acids is 1. The third kappa shape index (κ3) is 2.51. The molecule has 0 saturated carbocycles. The maximum atomic E-state index is 12.4. The number of phenols is 1. The van der Waals surface area contributed by atoms with Crippen molar-refractivity contribution in [2.75, 3.05) is 11.1 Å². The zero-order chi connectivity index (χ0) is 14.8. The lowest BCUT2D eigenvalue weighted by Crippen LogP contribution is -2.13. The van der Waals surface area contributed by atoms with Crippen LogP contribution in [0.2, 0.25) is 0 Å². The topological polar surface area (TPSA) is 75.3 Å². The second kappa shape index (κ2) is 5.17. The molecule has 0 atom stereocenters. The fourth-order valence-corrected chi connectivity index (χ4v) is 2.28. The Hall–Kier alpha value is -3.01. The number of rotatable bonds is 2. The lowest BCUT2D eigenvalue weighted by Gasteiger charge is -2.10. The van der Waals surface area contributed by atoms with Crippen LogP contribution in [-0.4, -0.2) is 11.0 Å². The van der Waals surface area contributed by atoms with Crippen molar-refractivity contribution in [2.24, 2.45) is 0 Å². The number of nitrogens with one attached hydrogen (secondary N) is 1. The first-order valence-electron chi connectivity index (χ1n) is 6.53. The molecule has 0 aliphatic heterocycles. The van der Waals surface area contributed by atoms with E-state index in [4.69, 9.17) is 5.73 Å². The Morgan fingerprint density at radius 2 is 1.76 bits per heavy atom. The third-order valence-corrected chi connectivity index (χ3v) is 3.32. The summed E-state index contributed by atoms with van der Waals surface area (Å²) in [6, 6.07) is 17.7. The van der Waals surface area contributed by atoms with Gasteiger partial charge in [0.1, 0.15) is 5.75 Å². The van der Waals surface area contributed by atoms with Crippen LogP contribution in [0.5, 0.6) is 5.75 Å². The highest BCUT2D eigenvalue weighted by atomic mass is 16.3. The van der Waals surface area contributed by atoms with E-state index in [0.717, 1.165) is 10.8 Å². The van der Waals surface area contributed by atoms with Gasteiger partial charge in [0.2, 0.25) is 0 Å². The number of benzene rings is 3. The van der Waals surface area contributed by atoms with Crippen molar-refractivity contribution in [3.63, 3.8) is 0 Å². The first kappa shape index (κ1) is 13.0. The molecule has 3 rings (SSSR count). The minimum Gasteiger partial charge on any atom is -0.508 e. The van der Waals surface area contributed by atoms with Crippen LogP contribution in [-0.2, 0) is 0 Å². The molecule has 0 radical (unpaired) electrons. The number of aromatic hydroxyl groups is 1. The van der Waals surface area contributed by atoms with E-state index in [-0.39, 0.29) is 11.7 Å². The molecule has 4 N–H and O–H groups in total. The Labute approximate surface area is 121 Å². The summed E-state index contributed by atoms with van der Waals surface area (Å²) in [6.07, 6.45) is 0. The van der Waals surface area contributed by atoms with Gasteiger partial charge in [0.15, 0.2) is 0 Å². The lowest BCUT2D eigenvalue weighted by atomic mass is 10.0. The highest BCUT2D eigenvalue weighted by Gasteiger charge is 2.11. The number of fused-ring (bicyclic) bond motifs is 1. The zero-order valence-corrected chi connectivity index (χ0v) is 11.2. The lowest BCUT2D eigenvalue weighted by molar-refractivity contribution is 0.102. The predicted molar refractivity (Wildman–Crippen MR) is 84.4 cm³/mol. The first-order valence-corrected chi connectivity index (χ1v) is 6.53. The fourth-order valence-electron chi connectivity index (χ4n) is 2.28. The van der Waals surface area contributed by atoms with Crippen molar-refractivity contribution in [2.45, 2.75) is 0 Å². The molecule has 0 spiro atoms. The van der Waals surface area contributed by atoms with Crippen LogP contribution in [0.15, 0.2) is 60.7 Å². The molecule has 0 aliphatic carbocycles. The molecule has 0 aromatic heterocycles. The highest BCUT2D eigenvalue weighted by Crippen LogP contribution is 2.25. The molecule has 0 saturated heterocycles. The quantitative estimate of drug-likeness (QED) is 0.497. The molecule has 1 amide bonds. The molecule has 0 bridgehead atoms. The number of carbonyl (C=O) groups is 1. The summed E-state index contributed by atoms with van der Waals surface area (Å²) >= 11 is 0. The van der Waals surface area contributed by atoms with Crippen LogP contribution < -0.4 is 11.1 Å². The van der Waals surface area contributed by atoms with Gasteiger partial charge in [-0.2, -0.15) is 0 Å². The second-order valence-electron chi connectivity index (χ2n) is 4.75. The van der Waals surface area contributed by atoms with Crippen LogP contribution in [0.4, 0.5) is 11.4 Å². The number of nitrogens with two attached hydrogens (primary N) is 1. The smallest absolute Gasteiger partial charge is 0.256 e. The number of hydrogen-bond acceptors (Lipinski definition) is 3. The van der Waals surface area contributed by atoms with Crippen LogP contribution in [0.1, 0.15) is 10.4 Å². The molecule has 0 heterocycles. The van der Waals surface area contributed by atoms with Gasteiger partial charge in [0.25, 0.3) is 5.91 Å². The fraction of sp³-hybridized carbons (Fsp3) is 0. The van der Waals surface area contributed by atoms with Gasteiger partial charge in [-0.05, 0) is 29.0 Å². The molecule has 3 aromatic carbocycles. The molecule has 0 aliphatic rings. The number of phenolic OH excluding ortho intramolecular Hbond substituents is 1. The number of hydrogen-bond donors (Lipinski definition) is 3. The Bertz CT molecular complexity index is 823. The van der Waals surface area contributed by atoms with E-state index in [9.17, 15) is 9.90 Å². The minimum absolute atomic E-state index is 0.0654. The van der Waals surface area contributed by atoms with E-state index in [1.54, 1.807) is 12.1 Å². The summed E-state index contributed by atoms with van der Waals surface area (Å²) in [5.41, 5.74) is 7.17. The van der Waals surface area contributed by atoms with Gasteiger partial charge in [-0.15, -0.1) is 0 Å². The number of nitrogen functional groups attached to an aromatic ring is 1. The first-order chi connectivity index (χ1) is 10.1. The average Bonchev–Trinajstić information content (AvgIpc) is 2.49. The summed E-state index contributed by atoms with van der Waals surface area (Å²) in [7, 11) is 0. The molecule has 4 heteroatoms. The Kier molecular flexibility index (Phi) is 3.20. The summed E-state index contributed by atoms with van der Waals surface area (Å²) in [4.78, 5) is 12.4. The Balaban J connectivity index is 1.97. The average molecular weight is 278 g/mol. The molecule has 4 nitrogen and oxygen atoms in total. The normalized spacial score (nSPS) is 10.5. The maximum absolute atomic E-state index is 12.4.